The van der Waals surface area contributed by atoms with Crippen molar-refractivity contribution in [3.63, 3.8) is 0 Å². The molecule has 0 aliphatic heterocycles. The van der Waals surface area contributed by atoms with Gasteiger partial charge in [-0.3, -0.25) is 9.59 Å². The van der Waals surface area contributed by atoms with Crippen LogP contribution in [0, 0.1) is 0 Å². The maximum Gasteiger partial charge on any atom is 0.307 e. The molecule has 1 heterocycles. The lowest BCUT2D eigenvalue weighted by Crippen LogP contribution is -2.30. The Bertz CT molecular complexity index is 665. The predicted octanol–water partition coefficient (Wildman–Crippen LogP) is 4.09. The van der Waals surface area contributed by atoms with Crippen LogP contribution in [0.4, 0.5) is 5.69 Å². The van der Waals surface area contributed by atoms with Gasteiger partial charge in [0.1, 0.15) is 5.76 Å². The molecule has 23 heavy (non-hydrogen) atoms. The summed E-state index contributed by atoms with van der Waals surface area (Å²) in [5, 5.41) is 3.17. The van der Waals surface area contributed by atoms with Crippen LogP contribution in [-0.2, 0) is 20.7 Å². The molecule has 1 aromatic heterocycles. The molecule has 2 aromatic rings. The van der Waals surface area contributed by atoms with E-state index < -0.39 is 18.0 Å². The molecule has 0 bridgehead atoms. The van der Waals surface area contributed by atoms with E-state index in [2.05, 4.69) is 5.32 Å². The van der Waals surface area contributed by atoms with Gasteiger partial charge in [0, 0.05) is 6.42 Å². The van der Waals surface area contributed by atoms with Crippen LogP contribution in [0.2, 0.25) is 10.0 Å². The van der Waals surface area contributed by atoms with E-state index in [0.717, 1.165) is 0 Å². The second-order valence-corrected chi connectivity index (χ2v) is 5.61. The minimum Gasteiger partial charge on any atom is -0.469 e. The van der Waals surface area contributed by atoms with E-state index in [0.29, 0.717) is 27.9 Å². The quantitative estimate of drug-likeness (QED) is 0.792. The first-order valence-electron chi connectivity index (χ1n) is 6.94. The maximum atomic E-state index is 12.1. The van der Waals surface area contributed by atoms with Crippen molar-refractivity contribution >= 4 is 40.8 Å². The number of furan rings is 1. The number of anilines is 1. The highest BCUT2D eigenvalue weighted by Crippen LogP contribution is 2.29. The predicted molar refractivity (Wildman–Crippen MR) is 87.7 cm³/mol. The second kappa shape index (κ2) is 8.04. The fraction of sp³-hybridized carbons (Fsp3) is 0.250. The van der Waals surface area contributed by atoms with E-state index in [1.54, 1.807) is 30.3 Å². The van der Waals surface area contributed by atoms with Crippen LogP contribution in [0.3, 0.4) is 0 Å². The van der Waals surface area contributed by atoms with E-state index in [4.69, 9.17) is 32.4 Å². The Balaban J connectivity index is 1.86. The van der Waals surface area contributed by atoms with Crippen molar-refractivity contribution in [1.29, 1.82) is 0 Å². The molecule has 122 valence electrons. The fourth-order valence-electron chi connectivity index (χ4n) is 1.83. The Labute approximate surface area is 143 Å². The molecule has 0 aliphatic carbocycles. The van der Waals surface area contributed by atoms with Crippen molar-refractivity contribution in [3.05, 3.63) is 52.4 Å². The van der Waals surface area contributed by atoms with E-state index >= 15 is 0 Å². The summed E-state index contributed by atoms with van der Waals surface area (Å²) in [6.07, 6.45) is 1.10. The smallest absolute Gasteiger partial charge is 0.307 e. The molecule has 0 spiro atoms. The van der Waals surface area contributed by atoms with Gasteiger partial charge in [0.15, 0.2) is 6.10 Å². The number of halogens is 2. The molecule has 5 nitrogen and oxygen atoms in total. The number of hydrogen-bond acceptors (Lipinski definition) is 4. The van der Waals surface area contributed by atoms with Crippen molar-refractivity contribution in [2.24, 2.45) is 0 Å². The van der Waals surface area contributed by atoms with Crippen LogP contribution in [-0.4, -0.2) is 18.0 Å². The minimum absolute atomic E-state index is 0.123. The van der Waals surface area contributed by atoms with Gasteiger partial charge in [0.2, 0.25) is 0 Å². The Morgan fingerprint density at radius 3 is 2.52 bits per heavy atom. The molecular formula is C16H15Cl2NO4. The number of carbonyl (C=O) groups excluding carboxylic acids is 2. The van der Waals surface area contributed by atoms with Crippen LogP contribution in [0.1, 0.15) is 19.1 Å². The first kappa shape index (κ1) is 17.4. The first-order valence-corrected chi connectivity index (χ1v) is 7.69. The van der Waals surface area contributed by atoms with Crippen LogP contribution >= 0.6 is 23.2 Å². The summed E-state index contributed by atoms with van der Waals surface area (Å²) in [6, 6.07) is 8.37. The molecule has 0 radical (unpaired) electrons. The molecule has 2 rings (SSSR count). The molecule has 1 aromatic carbocycles. The molecule has 1 atom stereocenters. The van der Waals surface area contributed by atoms with Gasteiger partial charge in [-0.1, -0.05) is 29.3 Å². The van der Waals surface area contributed by atoms with Crippen LogP contribution < -0.4 is 5.32 Å². The number of rotatable bonds is 6. The molecule has 0 saturated carbocycles. The van der Waals surface area contributed by atoms with Gasteiger partial charge in [0.05, 0.1) is 28.4 Å². The van der Waals surface area contributed by atoms with Crippen molar-refractivity contribution in [2.75, 3.05) is 5.32 Å². The number of ether oxygens (including phenoxy) is 1. The van der Waals surface area contributed by atoms with Gasteiger partial charge in [-0.05, 0) is 31.2 Å². The van der Waals surface area contributed by atoms with Gasteiger partial charge >= 0.3 is 5.97 Å². The molecule has 0 fully saturated rings. The van der Waals surface area contributed by atoms with E-state index in [1.165, 1.54) is 13.2 Å². The summed E-state index contributed by atoms with van der Waals surface area (Å²) in [5.41, 5.74) is 0.291. The molecule has 7 heteroatoms. The topological polar surface area (TPSA) is 68.5 Å². The number of esters is 1. The molecule has 0 unspecified atom stereocenters. The Morgan fingerprint density at radius 2 is 1.91 bits per heavy atom. The van der Waals surface area contributed by atoms with Gasteiger partial charge in [-0.2, -0.15) is 0 Å². The monoisotopic (exact) mass is 355 g/mol. The molecule has 0 saturated heterocycles. The summed E-state index contributed by atoms with van der Waals surface area (Å²) in [4.78, 5) is 23.8. The van der Waals surface area contributed by atoms with Crippen molar-refractivity contribution in [3.8, 4) is 0 Å². The fourth-order valence-corrected chi connectivity index (χ4v) is 2.32. The molecule has 1 amide bonds. The number of carbonyl (C=O) groups is 2. The number of benzene rings is 1. The normalized spacial score (nSPS) is 11.8. The third-order valence-corrected chi connectivity index (χ3v) is 3.67. The van der Waals surface area contributed by atoms with Crippen LogP contribution in [0.25, 0.3) is 0 Å². The Kier molecular flexibility index (Phi) is 6.07. The van der Waals surface area contributed by atoms with E-state index in [9.17, 15) is 9.59 Å². The number of hydrogen-bond donors (Lipinski definition) is 1. The number of aryl methyl sites for hydroxylation is 1. The second-order valence-electron chi connectivity index (χ2n) is 4.80. The number of para-hydroxylation sites is 1. The summed E-state index contributed by atoms with van der Waals surface area (Å²) in [6.45, 7) is 1.48. The van der Waals surface area contributed by atoms with Crippen molar-refractivity contribution in [2.45, 2.75) is 25.9 Å². The Morgan fingerprint density at radius 1 is 1.22 bits per heavy atom. The average molecular weight is 356 g/mol. The Hall–Kier alpha value is -1.98. The average Bonchev–Trinajstić information content (AvgIpc) is 3.02. The maximum absolute atomic E-state index is 12.1. The third kappa shape index (κ3) is 5.01. The van der Waals surface area contributed by atoms with Gasteiger partial charge < -0.3 is 14.5 Å². The zero-order chi connectivity index (χ0) is 16.8. The SMILES string of the molecule is C[C@H](OC(=O)CCc1ccco1)C(=O)Nc1c(Cl)cccc1Cl. The summed E-state index contributed by atoms with van der Waals surface area (Å²) < 4.78 is 10.2. The largest absolute Gasteiger partial charge is 0.469 e. The van der Waals surface area contributed by atoms with Gasteiger partial charge in [-0.25, -0.2) is 0 Å². The minimum atomic E-state index is -0.966. The van der Waals surface area contributed by atoms with Crippen molar-refractivity contribution in [1.82, 2.24) is 0 Å². The van der Waals surface area contributed by atoms with Crippen molar-refractivity contribution < 1.29 is 18.7 Å². The molecule has 1 N–H and O–H groups in total. The van der Waals surface area contributed by atoms with E-state index in [-0.39, 0.29) is 6.42 Å². The number of nitrogens with one attached hydrogen (secondary N) is 1. The molecular weight excluding hydrogens is 341 g/mol. The van der Waals surface area contributed by atoms with Gasteiger partial charge in [0.25, 0.3) is 5.91 Å². The molecule has 0 aliphatic rings. The standard InChI is InChI=1S/C16H15Cl2NO4/c1-10(23-14(20)8-7-11-4-3-9-22-11)16(21)19-15-12(17)5-2-6-13(15)18/h2-6,9-10H,7-8H2,1H3,(H,19,21)/t10-/m0/s1. The van der Waals surface area contributed by atoms with E-state index in [1.807, 2.05) is 0 Å². The summed E-state index contributed by atoms with van der Waals surface area (Å²) in [5.74, 6) is -0.317. The third-order valence-electron chi connectivity index (χ3n) is 3.04. The zero-order valence-electron chi connectivity index (χ0n) is 12.3. The van der Waals surface area contributed by atoms with Gasteiger partial charge in [-0.15, -0.1) is 0 Å². The first-order chi connectivity index (χ1) is 11.0. The zero-order valence-corrected chi connectivity index (χ0v) is 13.9. The lowest BCUT2D eigenvalue weighted by Gasteiger charge is -2.15. The van der Waals surface area contributed by atoms with Crippen LogP contribution in [0.15, 0.2) is 41.0 Å². The highest BCUT2D eigenvalue weighted by molar-refractivity contribution is 6.39. The van der Waals surface area contributed by atoms with Crippen LogP contribution in [0.5, 0.6) is 0 Å². The summed E-state index contributed by atoms with van der Waals surface area (Å²) in [7, 11) is 0. The lowest BCUT2D eigenvalue weighted by atomic mass is 10.2. The number of amides is 1. The summed E-state index contributed by atoms with van der Waals surface area (Å²) >= 11 is 11.9. The highest BCUT2D eigenvalue weighted by atomic mass is 35.5. The highest BCUT2D eigenvalue weighted by Gasteiger charge is 2.20. The lowest BCUT2D eigenvalue weighted by molar-refractivity contribution is -0.153.